The van der Waals surface area contributed by atoms with Gasteiger partial charge in [0.25, 0.3) is 5.91 Å². The fourth-order valence-electron chi connectivity index (χ4n) is 2.26. The van der Waals surface area contributed by atoms with Gasteiger partial charge in [0, 0.05) is 5.69 Å². The average Bonchev–Trinajstić information content (AvgIpc) is 2.58. The van der Waals surface area contributed by atoms with Crippen LogP contribution in [0.4, 0.5) is 18.9 Å². The van der Waals surface area contributed by atoms with E-state index >= 15 is 0 Å². The number of benzene rings is 2. The molecule has 27 heavy (non-hydrogen) atoms. The van der Waals surface area contributed by atoms with Crippen LogP contribution in [-0.4, -0.2) is 18.5 Å². The Morgan fingerprint density at radius 2 is 1.41 bits per heavy atom. The molecule has 4 nitrogen and oxygen atoms in total. The van der Waals surface area contributed by atoms with Crippen molar-refractivity contribution in [2.75, 3.05) is 11.9 Å². The van der Waals surface area contributed by atoms with Crippen molar-refractivity contribution in [2.45, 2.75) is 32.4 Å². The molecule has 0 atom stereocenters. The van der Waals surface area contributed by atoms with Gasteiger partial charge in [-0.15, -0.1) is 0 Å². The van der Waals surface area contributed by atoms with E-state index in [2.05, 4.69) is 26.1 Å². The number of carbonyl (C=O) groups is 2. The van der Waals surface area contributed by atoms with Gasteiger partial charge < -0.3 is 10.1 Å². The maximum atomic E-state index is 12.5. The van der Waals surface area contributed by atoms with Gasteiger partial charge in [-0.05, 0) is 47.4 Å². The van der Waals surface area contributed by atoms with Gasteiger partial charge in [0.2, 0.25) is 0 Å². The van der Waals surface area contributed by atoms with Crippen molar-refractivity contribution in [1.82, 2.24) is 0 Å². The molecule has 0 fully saturated rings. The summed E-state index contributed by atoms with van der Waals surface area (Å²) in [5.74, 6) is -1.42. The topological polar surface area (TPSA) is 55.4 Å². The van der Waals surface area contributed by atoms with Gasteiger partial charge in [0.1, 0.15) is 0 Å². The summed E-state index contributed by atoms with van der Waals surface area (Å²) in [5.41, 5.74) is 0.716. The first-order chi connectivity index (χ1) is 12.5. The highest BCUT2D eigenvalue weighted by Crippen LogP contribution is 2.29. The van der Waals surface area contributed by atoms with Gasteiger partial charge >= 0.3 is 12.1 Å². The van der Waals surface area contributed by atoms with Gasteiger partial charge in [0.15, 0.2) is 6.61 Å². The number of alkyl halides is 3. The van der Waals surface area contributed by atoms with E-state index in [1.165, 1.54) is 0 Å². The number of anilines is 1. The summed E-state index contributed by atoms with van der Waals surface area (Å²) < 4.78 is 42.3. The van der Waals surface area contributed by atoms with Crippen LogP contribution in [0.5, 0.6) is 0 Å². The Morgan fingerprint density at radius 1 is 0.889 bits per heavy atom. The summed E-state index contributed by atoms with van der Waals surface area (Å²) in [6.07, 6.45) is -4.48. The van der Waals surface area contributed by atoms with Crippen LogP contribution in [0.15, 0.2) is 48.5 Å². The number of halogens is 3. The molecule has 144 valence electrons. The predicted octanol–water partition coefficient (Wildman–Crippen LogP) is 4.80. The lowest BCUT2D eigenvalue weighted by atomic mass is 9.87. The first-order valence-corrected chi connectivity index (χ1v) is 8.21. The molecule has 1 N–H and O–H groups in total. The monoisotopic (exact) mass is 379 g/mol. The van der Waals surface area contributed by atoms with Crippen molar-refractivity contribution in [3.8, 4) is 0 Å². The van der Waals surface area contributed by atoms with E-state index in [1.807, 2.05) is 12.1 Å². The highest BCUT2D eigenvalue weighted by molar-refractivity contribution is 5.95. The van der Waals surface area contributed by atoms with Crippen molar-refractivity contribution in [3.05, 3.63) is 65.2 Å². The summed E-state index contributed by atoms with van der Waals surface area (Å²) in [5, 5.41) is 2.59. The number of ether oxygens (including phenoxy) is 1. The minimum atomic E-state index is -4.48. The molecule has 0 saturated heterocycles. The van der Waals surface area contributed by atoms with Crippen LogP contribution in [0, 0.1) is 0 Å². The third-order valence-electron chi connectivity index (χ3n) is 3.82. The summed E-state index contributed by atoms with van der Waals surface area (Å²) in [7, 11) is 0. The average molecular weight is 379 g/mol. The Bertz CT molecular complexity index is 804. The second-order valence-corrected chi connectivity index (χ2v) is 7.03. The largest absolute Gasteiger partial charge is 0.452 e. The quantitative estimate of drug-likeness (QED) is 0.777. The van der Waals surface area contributed by atoms with Crippen molar-refractivity contribution in [2.24, 2.45) is 0 Å². The van der Waals surface area contributed by atoms with Crippen molar-refractivity contribution >= 4 is 17.6 Å². The molecule has 0 aliphatic rings. The van der Waals surface area contributed by atoms with Gasteiger partial charge in [-0.3, -0.25) is 4.79 Å². The summed E-state index contributed by atoms with van der Waals surface area (Å²) in [6, 6.07) is 10.9. The Balaban J connectivity index is 1.88. The van der Waals surface area contributed by atoms with E-state index in [9.17, 15) is 22.8 Å². The van der Waals surface area contributed by atoms with Crippen LogP contribution in [-0.2, 0) is 21.1 Å². The van der Waals surface area contributed by atoms with E-state index in [0.717, 1.165) is 29.8 Å². The Morgan fingerprint density at radius 3 is 1.89 bits per heavy atom. The van der Waals surface area contributed by atoms with E-state index in [1.54, 1.807) is 12.1 Å². The van der Waals surface area contributed by atoms with Crippen LogP contribution in [0.3, 0.4) is 0 Å². The molecule has 1 amide bonds. The number of hydrogen-bond donors (Lipinski definition) is 1. The summed E-state index contributed by atoms with van der Waals surface area (Å²) in [6.45, 7) is 5.67. The van der Waals surface area contributed by atoms with Crippen LogP contribution < -0.4 is 5.32 Å². The Hall–Kier alpha value is -2.83. The van der Waals surface area contributed by atoms with Crippen molar-refractivity contribution in [3.63, 3.8) is 0 Å². The smallest absolute Gasteiger partial charge is 0.416 e. The maximum Gasteiger partial charge on any atom is 0.416 e. The number of amides is 1. The molecule has 2 aromatic carbocycles. The molecule has 0 spiro atoms. The minimum absolute atomic E-state index is 0.0142. The number of rotatable bonds is 4. The van der Waals surface area contributed by atoms with E-state index in [4.69, 9.17) is 4.74 Å². The molecule has 0 aliphatic carbocycles. The molecule has 7 heteroatoms. The molecule has 0 radical (unpaired) electrons. The SMILES string of the molecule is CC(C)(C)c1ccc(NC(=O)COC(=O)c2ccc(C(F)(F)F)cc2)cc1. The van der Waals surface area contributed by atoms with Crippen molar-refractivity contribution in [1.29, 1.82) is 0 Å². The third kappa shape index (κ3) is 5.84. The zero-order chi connectivity index (χ0) is 20.2. The van der Waals surface area contributed by atoms with Crippen LogP contribution in [0.1, 0.15) is 42.3 Å². The highest BCUT2D eigenvalue weighted by atomic mass is 19.4. The lowest BCUT2D eigenvalue weighted by molar-refractivity contribution is -0.137. The molecule has 0 unspecified atom stereocenters. The molecule has 0 aliphatic heterocycles. The second-order valence-electron chi connectivity index (χ2n) is 7.03. The molecule has 2 rings (SSSR count). The molecule has 0 heterocycles. The van der Waals surface area contributed by atoms with Gasteiger partial charge in [0.05, 0.1) is 11.1 Å². The molecule has 0 aromatic heterocycles. The third-order valence-corrected chi connectivity index (χ3v) is 3.82. The molecule has 0 bridgehead atoms. The second kappa shape index (κ2) is 7.82. The highest BCUT2D eigenvalue weighted by Gasteiger charge is 2.30. The van der Waals surface area contributed by atoms with E-state index in [-0.39, 0.29) is 11.0 Å². The van der Waals surface area contributed by atoms with Gasteiger partial charge in [-0.2, -0.15) is 13.2 Å². The molecular weight excluding hydrogens is 359 g/mol. The zero-order valence-electron chi connectivity index (χ0n) is 15.2. The van der Waals surface area contributed by atoms with Crippen molar-refractivity contribution < 1.29 is 27.5 Å². The zero-order valence-corrected chi connectivity index (χ0v) is 15.2. The fourth-order valence-corrected chi connectivity index (χ4v) is 2.26. The maximum absolute atomic E-state index is 12.5. The fraction of sp³-hybridized carbons (Fsp3) is 0.300. The number of nitrogens with one attached hydrogen (secondary N) is 1. The van der Waals surface area contributed by atoms with E-state index in [0.29, 0.717) is 5.69 Å². The van der Waals surface area contributed by atoms with Crippen LogP contribution >= 0.6 is 0 Å². The van der Waals surface area contributed by atoms with Gasteiger partial charge in [-0.25, -0.2) is 4.79 Å². The van der Waals surface area contributed by atoms with Crippen LogP contribution in [0.25, 0.3) is 0 Å². The lowest BCUT2D eigenvalue weighted by Crippen LogP contribution is -2.21. The Kier molecular flexibility index (Phi) is 5.93. The predicted molar refractivity (Wildman–Crippen MR) is 95.5 cm³/mol. The number of esters is 1. The first kappa shape index (κ1) is 20.5. The summed E-state index contributed by atoms with van der Waals surface area (Å²) in [4.78, 5) is 23.7. The minimum Gasteiger partial charge on any atom is -0.452 e. The summed E-state index contributed by atoms with van der Waals surface area (Å²) >= 11 is 0. The lowest BCUT2D eigenvalue weighted by Gasteiger charge is -2.19. The van der Waals surface area contributed by atoms with Crippen LogP contribution in [0.2, 0.25) is 0 Å². The van der Waals surface area contributed by atoms with E-state index < -0.39 is 30.2 Å². The molecular formula is C20H20F3NO3. The molecule has 2 aromatic rings. The first-order valence-electron chi connectivity index (χ1n) is 8.21. The van der Waals surface area contributed by atoms with Gasteiger partial charge in [-0.1, -0.05) is 32.9 Å². The normalized spacial score (nSPS) is 11.8. The molecule has 0 saturated carbocycles. The standard InChI is InChI=1S/C20H20F3NO3/c1-19(2,3)14-8-10-16(11-9-14)24-17(25)12-27-18(26)13-4-6-15(7-5-13)20(21,22)23/h4-11H,12H2,1-3H3,(H,24,25). The Labute approximate surface area is 155 Å². The number of carbonyl (C=O) groups excluding carboxylic acids is 2. The number of hydrogen-bond acceptors (Lipinski definition) is 3.